The smallest absolute Gasteiger partial charge is 0.303 e. The second kappa shape index (κ2) is 6.18. The number of hydrogen-bond donors (Lipinski definition) is 2. The minimum atomic E-state index is -0.787. The molecule has 0 aliphatic carbocycles. The quantitative estimate of drug-likeness (QED) is 0.744. The van der Waals surface area contributed by atoms with E-state index in [0.29, 0.717) is 19.6 Å². The van der Waals surface area contributed by atoms with E-state index in [9.17, 15) is 9.59 Å². The summed E-state index contributed by atoms with van der Waals surface area (Å²) >= 11 is 0. The summed E-state index contributed by atoms with van der Waals surface area (Å²) in [6.07, 6.45) is 2.40. The molecule has 1 atom stereocenters. The Morgan fingerprint density at radius 2 is 2.00 bits per heavy atom. The van der Waals surface area contributed by atoms with Gasteiger partial charge in [-0.2, -0.15) is 0 Å². The Kier molecular flexibility index (Phi) is 5.14. The molecular formula is C13H24N2O3. The molecule has 1 rings (SSSR count). The number of hydrogen-bond acceptors (Lipinski definition) is 3. The van der Waals surface area contributed by atoms with E-state index in [2.05, 4.69) is 0 Å². The SMILES string of the molecule is CCC(CC)(CN)C(=O)N1CCC(CC(=O)O)C1. The molecule has 1 aliphatic rings. The van der Waals surface area contributed by atoms with Crippen molar-refractivity contribution in [2.45, 2.75) is 39.5 Å². The van der Waals surface area contributed by atoms with Gasteiger partial charge in [-0.15, -0.1) is 0 Å². The normalized spacial score (nSPS) is 20.2. The molecule has 3 N–H and O–H groups in total. The number of rotatable bonds is 6. The van der Waals surface area contributed by atoms with Crippen LogP contribution in [0, 0.1) is 11.3 Å². The Bertz CT molecular complexity index is 305. The summed E-state index contributed by atoms with van der Waals surface area (Å²) in [5, 5.41) is 8.77. The van der Waals surface area contributed by atoms with Gasteiger partial charge in [0.05, 0.1) is 5.41 Å². The van der Waals surface area contributed by atoms with Crippen LogP contribution >= 0.6 is 0 Å². The molecule has 1 aliphatic heterocycles. The second-order valence-electron chi connectivity index (χ2n) is 5.20. The third kappa shape index (κ3) is 3.02. The fourth-order valence-corrected chi connectivity index (χ4v) is 2.69. The van der Waals surface area contributed by atoms with Crippen molar-refractivity contribution in [3.63, 3.8) is 0 Å². The Morgan fingerprint density at radius 3 is 2.44 bits per heavy atom. The molecule has 1 heterocycles. The molecule has 0 radical (unpaired) electrons. The number of carbonyl (C=O) groups is 2. The lowest BCUT2D eigenvalue weighted by atomic mass is 9.81. The summed E-state index contributed by atoms with van der Waals surface area (Å²) in [5.74, 6) is -0.594. The van der Waals surface area contributed by atoms with Crippen LogP contribution < -0.4 is 5.73 Å². The van der Waals surface area contributed by atoms with E-state index >= 15 is 0 Å². The summed E-state index contributed by atoms with van der Waals surface area (Å²) in [5.41, 5.74) is 5.31. The highest BCUT2D eigenvalue weighted by Crippen LogP contribution is 2.31. The highest BCUT2D eigenvalue weighted by Gasteiger charge is 2.39. The first-order chi connectivity index (χ1) is 8.49. The van der Waals surface area contributed by atoms with E-state index in [1.807, 2.05) is 13.8 Å². The van der Waals surface area contributed by atoms with E-state index in [1.165, 1.54) is 0 Å². The molecule has 0 saturated carbocycles. The van der Waals surface area contributed by atoms with Crippen molar-refractivity contribution in [1.29, 1.82) is 0 Å². The predicted octanol–water partition coefficient (Wildman–Crippen LogP) is 1.07. The zero-order valence-corrected chi connectivity index (χ0v) is 11.3. The maximum Gasteiger partial charge on any atom is 0.303 e. The number of carboxylic acid groups (broad SMARTS) is 1. The van der Waals surface area contributed by atoms with Crippen molar-refractivity contribution in [2.75, 3.05) is 19.6 Å². The molecule has 0 spiro atoms. The van der Waals surface area contributed by atoms with Crippen LogP contribution in [-0.2, 0) is 9.59 Å². The topological polar surface area (TPSA) is 83.6 Å². The van der Waals surface area contributed by atoms with Gasteiger partial charge in [-0.3, -0.25) is 9.59 Å². The maximum absolute atomic E-state index is 12.5. The van der Waals surface area contributed by atoms with E-state index < -0.39 is 11.4 Å². The molecule has 1 amide bonds. The molecule has 0 aromatic rings. The summed E-state index contributed by atoms with van der Waals surface area (Å²) in [7, 11) is 0. The van der Waals surface area contributed by atoms with Gasteiger partial charge >= 0.3 is 5.97 Å². The van der Waals surface area contributed by atoms with Crippen LogP contribution in [0.5, 0.6) is 0 Å². The van der Waals surface area contributed by atoms with Gasteiger partial charge in [-0.05, 0) is 25.2 Å². The van der Waals surface area contributed by atoms with Crippen molar-refractivity contribution in [1.82, 2.24) is 4.90 Å². The van der Waals surface area contributed by atoms with Gasteiger partial charge in [0.2, 0.25) is 5.91 Å². The zero-order valence-electron chi connectivity index (χ0n) is 11.3. The van der Waals surface area contributed by atoms with Crippen LogP contribution in [-0.4, -0.2) is 41.5 Å². The first-order valence-electron chi connectivity index (χ1n) is 6.70. The summed E-state index contributed by atoms with van der Waals surface area (Å²) in [4.78, 5) is 25.0. The molecule has 0 bridgehead atoms. The lowest BCUT2D eigenvalue weighted by Gasteiger charge is -2.33. The average molecular weight is 256 g/mol. The van der Waals surface area contributed by atoms with E-state index in [-0.39, 0.29) is 18.2 Å². The molecule has 1 fully saturated rings. The third-order valence-corrected chi connectivity index (χ3v) is 4.23. The minimum absolute atomic E-state index is 0.0932. The number of nitrogens with zero attached hydrogens (tertiary/aromatic N) is 1. The van der Waals surface area contributed by atoms with Crippen molar-refractivity contribution < 1.29 is 14.7 Å². The number of amides is 1. The number of carboxylic acids is 1. The molecule has 5 nitrogen and oxygen atoms in total. The van der Waals surface area contributed by atoms with Crippen LogP contribution in [0.2, 0.25) is 0 Å². The van der Waals surface area contributed by atoms with Crippen molar-refractivity contribution in [3.05, 3.63) is 0 Å². The Labute approximate surface area is 108 Å². The highest BCUT2D eigenvalue weighted by molar-refractivity contribution is 5.83. The minimum Gasteiger partial charge on any atom is -0.481 e. The van der Waals surface area contributed by atoms with Crippen LogP contribution in [0.15, 0.2) is 0 Å². The van der Waals surface area contributed by atoms with Crippen molar-refractivity contribution in [2.24, 2.45) is 17.1 Å². The number of aliphatic carboxylic acids is 1. The Morgan fingerprint density at radius 1 is 1.39 bits per heavy atom. The second-order valence-corrected chi connectivity index (χ2v) is 5.20. The third-order valence-electron chi connectivity index (χ3n) is 4.23. The lowest BCUT2D eigenvalue weighted by Crippen LogP contribution is -2.46. The lowest BCUT2D eigenvalue weighted by molar-refractivity contribution is -0.142. The summed E-state index contributed by atoms with van der Waals surface area (Å²) < 4.78 is 0. The van der Waals surface area contributed by atoms with Gasteiger partial charge in [0, 0.05) is 26.1 Å². The van der Waals surface area contributed by atoms with Gasteiger partial charge in [-0.25, -0.2) is 0 Å². The van der Waals surface area contributed by atoms with Crippen LogP contribution in [0.3, 0.4) is 0 Å². The van der Waals surface area contributed by atoms with E-state index in [1.54, 1.807) is 4.90 Å². The molecule has 104 valence electrons. The Balaban J connectivity index is 2.66. The fraction of sp³-hybridized carbons (Fsp3) is 0.846. The van der Waals surface area contributed by atoms with Crippen LogP contribution in [0.4, 0.5) is 0 Å². The largest absolute Gasteiger partial charge is 0.481 e. The molecule has 18 heavy (non-hydrogen) atoms. The molecule has 0 aromatic heterocycles. The molecule has 1 unspecified atom stereocenters. The standard InChI is InChI=1S/C13H24N2O3/c1-3-13(4-2,9-14)12(18)15-6-5-10(8-15)7-11(16)17/h10H,3-9,14H2,1-2H3,(H,16,17). The highest BCUT2D eigenvalue weighted by atomic mass is 16.4. The molecular weight excluding hydrogens is 232 g/mol. The Hall–Kier alpha value is -1.10. The maximum atomic E-state index is 12.5. The first kappa shape index (κ1) is 15.0. The fourth-order valence-electron chi connectivity index (χ4n) is 2.69. The number of likely N-dealkylation sites (tertiary alicyclic amines) is 1. The van der Waals surface area contributed by atoms with Gasteiger partial charge in [-0.1, -0.05) is 13.8 Å². The van der Waals surface area contributed by atoms with Gasteiger partial charge in [0.15, 0.2) is 0 Å². The van der Waals surface area contributed by atoms with Gasteiger partial charge in [0.1, 0.15) is 0 Å². The molecule has 1 saturated heterocycles. The van der Waals surface area contributed by atoms with Crippen LogP contribution in [0.25, 0.3) is 0 Å². The molecule has 0 aromatic carbocycles. The first-order valence-corrected chi connectivity index (χ1v) is 6.70. The number of carbonyl (C=O) groups excluding carboxylic acids is 1. The van der Waals surface area contributed by atoms with Crippen molar-refractivity contribution in [3.8, 4) is 0 Å². The number of nitrogens with two attached hydrogens (primary N) is 1. The van der Waals surface area contributed by atoms with Crippen molar-refractivity contribution >= 4 is 11.9 Å². The van der Waals surface area contributed by atoms with E-state index in [4.69, 9.17) is 10.8 Å². The summed E-state index contributed by atoms with van der Waals surface area (Å²) in [6.45, 7) is 5.56. The van der Waals surface area contributed by atoms with E-state index in [0.717, 1.165) is 19.3 Å². The van der Waals surface area contributed by atoms with Gasteiger partial charge in [0.25, 0.3) is 0 Å². The predicted molar refractivity (Wildman–Crippen MR) is 69.0 cm³/mol. The average Bonchev–Trinajstić information content (AvgIpc) is 2.79. The summed E-state index contributed by atoms with van der Waals surface area (Å²) in [6, 6.07) is 0. The van der Waals surface area contributed by atoms with Gasteiger partial charge < -0.3 is 15.7 Å². The molecule has 5 heteroatoms. The van der Waals surface area contributed by atoms with Crippen LogP contribution in [0.1, 0.15) is 39.5 Å². The monoisotopic (exact) mass is 256 g/mol. The zero-order chi connectivity index (χ0) is 13.8.